The Morgan fingerprint density at radius 3 is 2.49 bits per heavy atom. The summed E-state index contributed by atoms with van der Waals surface area (Å²) in [5.74, 6) is 1.57. The lowest BCUT2D eigenvalue weighted by molar-refractivity contribution is -0.117. The topological polar surface area (TPSA) is 120 Å². The molecule has 2 saturated heterocycles. The fourth-order valence-corrected chi connectivity index (χ4v) is 5.77. The van der Waals surface area contributed by atoms with E-state index >= 15 is 0 Å². The minimum absolute atomic E-state index is 0.225. The van der Waals surface area contributed by atoms with Gasteiger partial charge in [0.25, 0.3) is 0 Å². The van der Waals surface area contributed by atoms with Crippen LogP contribution in [0.2, 0.25) is 10.0 Å². The molecule has 4 heterocycles. The van der Waals surface area contributed by atoms with Gasteiger partial charge < -0.3 is 34.5 Å². The van der Waals surface area contributed by atoms with Crippen LogP contribution >= 0.6 is 23.2 Å². The number of rotatable bonds is 9. The quantitative estimate of drug-likeness (QED) is 0.346. The van der Waals surface area contributed by atoms with E-state index in [4.69, 9.17) is 52.1 Å². The van der Waals surface area contributed by atoms with Crippen molar-refractivity contribution in [1.82, 2.24) is 20.3 Å². The lowest BCUT2D eigenvalue weighted by atomic mass is 10.1. The Hall–Kier alpha value is -3.38. The number of fused-ring (bicyclic) bond motifs is 1. The van der Waals surface area contributed by atoms with E-state index in [0.717, 1.165) is 11.8 Å². The van der Waals surface area contributed by atoms with E-state index in [1.54, 1.807) is 19.4 Å². The predicted octanol–water partition coefficient (Wildman–Crippen LogP) is 4.11. The van der Waals surface area contributed by atoms with Crippen molar-refractivity contribution >= 4 is 51.8 Å². The van der Waals surface area contributed by atoms with Gasteiger partial charge in [-0.1, -0.05) is 29.8 Å². The van der Waals surface area contributed by atoms with E-state index < -0.39 is 0 Å². The zero-order valence-corrected chi connectivity index (χ0v) is 24.8. The molecule has 0 bridgehead atoms. The molecule has 2 N–H and O–H groups in total. The van der Waals surface area contributed by atoms with Crippen LogP contribution in [0.25, 0.3) is 22.2 Å². The molecule has 218 valence electrons. The molecule has 0 aliphatic carbocycles. The zero-order chi connectivity index (χ0) is 29.3. The molecule has 0 radical (unpaired) electrons. The smallest absolute Gasteiger partial charge is 0.243 e. The van der Waals surface area contributed by atoms with Gasteiger partial charge in [0.2, 0.25) is 11.9 Å². The molecule has 0 saturated carbocycles. The minimum Gasteiger partial charge on any atom is -0.495 e. The van der Waals surface area contributed by atoms with E-state index in [9.17, 15) is 4.79 Å². The number of amides is 1. The second-order valence-corrected chi connectivity index (χ2v) is 10.9. The molecule has 0 spiro atoms. The summed E-state index contributed by atoms with van der Waals surface area (Å²) in [6, 6.07) is 3.00. The van der Waals surface area contributed by atoms with Crippen molar-refractivity contribution in [2.75, 3.05) is 57.8 Å². The average molecular weight is 604 g/mol. The standard InChI is InChI=1S/C28H32Cl2N6O5/c1-6-21(37)32-17-12-41-13-18(17)34-27-31-11-15-9-16(22-23(29)19(38-3)10-20(39-4)24(22)30)33-26(25(15)35-27)36-8-7-28(2,14-36)40-5/h6,9-11,17-18H,1,7-8,12-14H2,2-5H3,(H,32,37)(H,31,34,35)/t17-,18+,28+/m0/s1. The van der Waals surface area contributed by atoms with Crippen molar-refractivity contribution in [3.05, 3.63) is 41.0 Å². The highest BCUT2D eigenvalue weighted by Crippen LogP contribution is 2.46. The number of nitrogens with zero attached hydrogens (tertiary/aromatic N) is 4. The number of carbonyl (C=O) groups is 1. The molecule has 2 aromatic heterocycles. The summed E-state index contributed by atoms with van der Waals surface area (Å²) in [6.45, 7) is 7.66. The fourth-order valence-electron chi connectivity index (χ4n) is 5.08. The highest BCUT2D eigenvalue weighted by Gasteiger charge is 2.36. The summed E-state index contributed by atoms with van der Waals surface area (Å²) in [5, 5.41) is 7.55. The Labute approximate surface area is 248 Å². The molecule has 0 unspecified atom stereocenters. The van der Waals surface area contributed by atoms with Crippen LogP contribution in [0.1, 0.15) is 13.3 Å². The Morgan fingerprint density at radius 1 is 1.15 bits per heavy atom. The van der Waals surface area contributed by atoms with Crippen LogP contribution < -0.4 is 25.0 Å². The predicted molar refractivity (Wildman–Crippen MR) is 158 cm³/mol. The van der Waals surface area contributed by atoms with Crippen LogP contribution in [-0.4, -0.2) is 86.2 Å². The van der Waals surface area contributed by atoms with Crippen LogP contribution in [0.15, 0.2) is 31.0 Å². The number of benzene rings is 1. The zero-order valence-electron chi connectivity index (χ0n) is 23.3. The molecule has 5 rings (SSSR count). The number of aromatic nitrogens is 3. The molecule has 1 aromatic carbocycles. The molecule has 2 aliphatic rings. The first-order valence-electron chi connectivity index (χ1n) is 13.1. The normalized spacial score (nSPS) is 22.1. The van der Waals surface area contributed by atoms with Gasteiger partial charge in [0.05, 0.1) is 60.9 Å². The van der Waals surface area contributed by atoms with Crippen LogP contribution in [0.4, 0.5) is 11.8 Å². The summed E-state index contributed by atoms with van der Waals surface area (Å²) in [6.07, 6.45) is 3.76. The number of ether oxygens (including phenoxy) is 4. The largest absolute Gasteiger partial charge is 0.495 e. The Kier molecular flexibility index (Phi) is 8.42. The van der Waals surface area contributed by atoms with Crippen LogP contribution in [0, 0.1) is 0 Å². The Morgan fingerprint density at radius 2 is 1.85 bits per heavy atom. The van der Waals surface area contributed by atoms with Gasteiger partial charge in [-0.05, 0) is 25.5 Å². The maximum Gasteiger partial charge on any atom is 0.243 e. The van der Waals surface area contributed by atoms with E-state index in [1.165, 1.54) is 20.3 Å². The lowest BCUT2D eigenvalue weighted by Gasteiger charge is -2.25. The van der Waals surface area contributed by atoms with Gasteiger partial charge in [-0.2, -0.15) is 0 Å². The van der Waals surface area contributed by atoms with Crippen LogP contribution in [0.5, 0.6) is 11.5 Å². The lowest BCUT2D eigenvalue weighted by Crippen LogP contribution is -2.45. The highest BCUT2D eigenvalue weighted by atomic mass is 35.5. The molecule has 11 nitrogen and oxygen atoms in total. The van der Waals surface area contributed by atoms with Gasteiger partial charge in [0.15, 0.2) is 5.82 Å². The molecule has 3 atom stereocenters. The van der Waals surface area contributed by atoms with Crippen LogP contribution in [0.3, 0.4) is 0 Å². The number of hydrogen-bond donors (Lipinski definition) is 2. The van der Waals surface area contributed by atoms with Crippen molar-refractivity contribution < 1.29 is 23.7 Å². The molecule has 2 fully saturated rings. The third-order valence-electron chi connectivity index (χ3n) is 7.51. The van der Waals surface area contributed by atoms with Crippen molar-refractivity contribution in [2.45, 2.75) is 31.0 Å². The number of hydrogen-bond acceptors (Lipinski definition) is 10. The molecule has 41 heavy (non-hydrogen) atoms. The van der Waals surface area contributed by atoms with E-state index in [-0.39, 0.29) is 23.6 Å². The van der Waals surface area contributed by atoms with Crippen molar-refractivity contribution in [2.24, 2.45) is 0 Å². The van der Waals surface area contributed by atoms with Gasteiger partial charge in [-0.3, -0.25) is 4.79 Å². The first-order chi connectivity index (χ1) is 19.7. The van der Waals surface area contributed by atoms with Crippen LogP contribution in [-0.2, 0) is 14.3 Å². The third-order valence-corrected chi connectivity index (χ3v) is 8.26. The SMILES string of the molecule is C=CC(=O)N[C@H]1COC[C@H]1Nc1ncc2cc(-c3c(Cl)c(OC)cc(OC)c3Cl)nc(N3CC[C@@](C)(OC)C3)c2n1. The van der Waals surface area contributed by atoms with Crippen molar-refractivity contribution in [3.8, 4) is 22.8 Å². The van der Waals surface area contributed by atoms with Crippen molar-refractivity contribution in [3.63, 3.8) is 0 Å². The van der Waals surface area contributed by atoms with Gasteiger partial charge in [0.1, 0.15) is 17.0 Å². The molecular formula is C28H32Cl2N6O5. The molecule has 1 amide bonds. The maximum absolute atomic E-state index is 11.9. The summed E-state index contributed by atoms with van der Waals surface area (Å²) in [4.78, 5) is 28.5. The number of nitrogens with one attached hydrogen (secondary N) is 2. The fraction of sp³-hybridized carbons (Fsp3) is 0.429. The number of carbonyl (C=O) groups excluding carboxylic acids is 1. The Bertz CT molecular complexity index is 1460. The summed E-state index contributed by atoms with van der Waals surface area (Å²) < 4.78 is 22.4. The van der Waals surface area contributed by atoms with E-state index in [1.807, 2.05) is 6.07 Å². The number of halogens is 2. The van der Waals surface area contributed by atoms with Gasteiger partial charge in [-0.25, -0.2) is 15.0 Å². The highest BCUT2D eigenvalue weighted by molar-refractivity contribution is 6.41. The number of anilines is 2. The third kappa shape index (κ3) is 5.72. The number of pyridine rings is 1. The minimum atomic E-state index is -0.343. The molecule has 3 aromatic rings. The first kappa shape index (κ1) is 29.1. The van der Waals surface area contributed by atoms with Gasteiger partial charge in [0, 0.05) is 43.4 Å². The summed E-state index contributed by atoms with van der Waals surface area (Å²) in [7, 11) is 4.76. The average Bonchev–Trinajstić information content (AvgIpc) is 3.59. The summed E-state index contributed by atoms with van der Waals surface area (Å²) in [5.41, 5.74) is 1.29. The molecule has 2 aliphatic heterocycles. The molecular weight excluding hydrogens is 571 g/mol. The second-order valence-electron chi connectivity index (χ2n) is 10.2. The van der Waals surface area contributed by atoms with E-state index in [0.29, 0.717) is 76.4 Å². The first-order valence-corrected chi connectivity index (χ1v) is 13.8. The monoisotopic (exact) mass is 602 g/mol. The Balaban J connectivity index is 1.61. The van der Waals surface area contributed by atoms with E-state index in [2.05, 4.69) is 34.0 Å². The maximum atomic E-state index is 11.9. The van der Waals surface area contributed by atoms with Crippen molar-refractivity contribution in [1.29, 1.82) is 0 Å². The van der Waals surface area contributed by atoms with Gasteiger partial charge in [-0.15, -0.1) is 0 Å². The molecule has 13 heteroatoms. The van der Waals surface area contributed by atoms with Gasteiger partial charge >= 0.3 is 0 Å². The second kappa shape index (κ2) is 11.8. The summed E-state index contributed by atoms with van der Waals surface area (Å²) >= 11 is 13.5. The number of methoxy groups -OCH3 is 3.